The summed E-state index contributed by atoms with van der Waals surface area (Å²) in [4.78, 5) is 13.7. The van der Waals surface area contributed by atoms with Crippen molar-refractivity contribution in [3.8, 4) is 11.5 Å². The largest absolute Gasteiger partial charge is 0.493 e. The van der Waals surface area contributed by atoms with Gasteiger partial charge in [-0.15, -0.1) is 0 Å². The number of hydrogen-bond donors (Lipinski definition) is 1. The highest BCUT2D eigenvalue weighted by Gasteiger charge is 2.19. The Morgan fingerprint density at radius 1 is 1.35 bits per heavy atom. The number of carbonyl (C=O) groups is 1. The van der Waals surface area contributed by atoms with Crippen LogP contribution in [0.1, 0.15) is 37.0 Å². The Morgan fingerprint density at radius 2 is 2.04 bits per heavy atom. The van der Waals surface area contributed by atoms with E-state index in [1.165, 1.54) is 26.9 Å². The van der Waals surface area contributed by atoms with Crippen LogP contribution in [0.25, 0.3) is 0 Å². The summed E-state index contributed by atoms with van der Waals surface area (Å²) in [5.41, 5.74) is 0.581. The minimum absolute atomic E-state index is 0.0192. The van der Waals surface area contributed by atoms with Gasteiger partial charge in [-0.2, -0.15) is 0 Å². The van der Waals surface area contributed by atoms with Gasteiger partial charge in [0, 0.05) is 12.1 Å². The van der Waals surface area contributed by atoms with E-state index in [2.05, 4.69) is 11.8 Å². The Bertz CT molecular complexity index is 524. The molecule has 0 aliphatic carbocycles. The van der Waals surface area contributed by atoms with Crippen LogP contribution in [-0.2, 0) is 0 Å². The van der Waals surface area contributed by atoms with Gasteiger partial charge in [0.2, 0.25) is 0 Å². The smallest absolute Gasteiger partial charge is 0.161 e. The van der Waals surface area contributed by atoms with Gasteiger partial charge in [-0.3, -0.25) is 4.79 Å². The molecule has 0 spiro atoms. The second-order valence-electron chi connectivity index (χ2n) is 6.37. The van der Waals surface area contributed by atoms with E-state index in [4.69, 9.17) is 9.47 Å². The minimum Gasteiger partial charge on any atom is -0.493 e. The molecule has 1 aromatic rings. The number of ether oxygens (including phenoxy) is 2. The molecule has 1 N–H and O–H groups in total. The van der Waals surface area contributed by atoms with Gasteiger partial charge in [-0.1, -0.05) is 6.92 Å². The van der Waals surface area contributed by atoms with Gasteiger partial charge in [0.15, 0.2) is 17.3 Å². The van der Waals surface area contributed by atoms with Crippen molar-refractivity contribution in [2.75, 3.05) is 33.4 Å². The van der Waals surface area contributed by atoms with E-state index >= 15 is 0 Å². The van der Waals surface area contributed by atoms with E-state index in [-0.39, 0.29) is 12.4 Å². The molecule has 1 atom stereocenters. The fraction of sp³-hybridized carbons (Fsp3) is 0.611. The second-order valence-corrected chi connectivity index (χ2v) is 6.37. The fourth-order valence-electron chi connectivity index (χ4n) is 2.79. The lowest BCUT2D eigenvalue weighted by Crippen LogP contribution is -2.40. The first kappa shape index (κ1) is 17.8. The summed E-state index contributed by atoms with van der Waals surface area (Å²) in [6.45, 7) is 6.69. The number of hydrogen-bond acceptors (Lipinski definition) is 5. The Labute approximate surface area is 138 Å². The molecular weight excluding hydrogens is 294 g/mol. The van der Waals surface area contributed by atoms with E-state index < -0.39 is 6.10 Å². The van der Waals surface area contributed by atoms with Crippen molar-refractivity contribution < 1.29 is 19.4 Å². The zero-order valence-corrected chi connectivity index (χ0v) is 14.2. The van der Waals surface area contributed by atoms with Crippen molar-refractivity contribution in [2.24, 2.45) is 5.92 Å². The van der Waals surface area contributed by atoms with Crippen molar-refractivity contribution in [3.05, 3.63) is 23.8 Å². The Morgan fingerprint density at radius 3 is 2.65 bits per heavy atom. The lowest BCUT2D eigenvalue weighted by Gasteiger charge is -2.31. The summed E-state index contributed by atoms with van der Waals surface area (Å²) in [5.74, 6) is 1.82. The van der Waals surface area contributed by atoms with Crippen molar-refractivity contribution in [1.29, 1.82) is 0 Å². The van der Waals surface area contributed by atoms with Gasteiger partial charge >= 0.3 is 0 Å². The number of piperidine rings is 1. The predicted molar refractivity (Wildman–Crippen MR) is 89.3 cm³/mol. The average molecular weight is 321 g/mol. The summed E-state index contributed by atoms with van der Waals surface area (Å²) < 4.78 is 10.9. The summed E-state index contributed by atoms with van der Waals surface area (Å²) in [6.07, 6.45) is 1.84. The van der Waals surface area contributed by atoms with Crippen molar-refractivity contribution in [1.82, 2.24) is 4.90 Å². The molecule has 1 unspecified atom stereocenters. The number of likely N-dealkylation sites (tertiary alicyclic amines) is 1. The molecule has 23 heavy (non-hydrogen) atoms. The number of rotatable bonds is 7. The number of nitrogens with zero attached hydrogens (tertiary/aromatic N) is 1. The van der Waals surface area contributed by atoms with Crippen LogP contribution in [0.3, 0.4) is 0 Å². The molecule has 1 aliphatic heterocycles. The SMILES string of the molecule is COc1cc(C(C)=O)ccc1OCC(O)CN1CCC(C)CC1. The number of methoxy groups -OCH3 is 1. The number of ketones is 1. The molecule has 5 nitrogen and oxygen atoms in total. The highest BCUT2D eigenvalue weighted by atomic mass is 16.5. The number of β-amino-alcohol motifs (C(OH)–C–C–N with tert-alkyl or cyclic N) is 1. The summed E-state index contributed by atoms with van der Waals surface area (Å²) in [5, 5.41) is 10.2. The lowest BCUT2D eigenvalue weighted by molar-refractivity contribution is 0.0555. The third-order valence-electron chi connectivity index (χ3n) is 4.35. The number of aliphatic hydroxyl groups excluding tert-OH is 1. The number of benzene rings is 1. The highest BCUT2D eigenvalue weighted by Crippen LogP contribution is 2.28. The van der Waals surface area contributed by atoms with Gasteiger partial charge in [-0.25, -0.2) is 0 Å². The van der Waals surface area contributed by atoms with Crippen LogP contribution < -0.4 is 9.47 Å². The molecule has 1 aliphatic rings. The van der Waals surface area contributed by atoms with E-state index in [1.807, 2.05) is 0 Å². The average Bonchev–Trinajstić information content (AvgIpc) is 2.54. The molecule has 5 heteroatoms. The molecule has 0 radical (unpaired) electrons. The molecule has 1 aromatic carbocycles. The number of carbonyl (C=O) groups excluding carboxylic acids is 1. The molecule has 1 fully saturated rings. The van der Waals surface area contributed by atoms with E-state index in [0.717, 1.165) is 19.0 Å². The summed E-state index contributed by atoms with van der Waals surface area (Å²) in [6, 6.07) is 5.08. The van der Waals surface area contributed by atoms with Gasteiger partial charge < -0.3 is 19.5 Å². The third kappa shape index (κ3) is 5.22. The standard InChI is InChI=1S/C18H27NO4/c1-13-6-8-19(9-7-13)11-16(21)12-23-17-5-4-15(14(2)20)10-18(17)22-3/h4-5,10,13,16,21H,6-9,11-12H2,1-3H3. The molecule has 0 saturated carbocycles. The first-order valence-electron chi connectivity index (χ1n) is 8.21. The maximum absolute atomic E-state index is 11.4. The summed E-state index contributed by atoms with van der Waals surface area (Å²) >= 11 is 0. The van der Waals surface area contributed by atoms with Crippen LogP contribution in [0.4, 0.5) is 0 Å². The molecule has 1 saturated heterocycles. The fourth-order valence-corrected chi connectivity index (χ4v) is 2.79. The molecule has 128 valence electrons. The first-order chi connectivity index (χ1) is 11.0. The van der Waals surface area contributed by atoms with Gasteiger partial charge in [0.1, 0.15) is 12.7 Å². The van der Waals surface area contributed by atoms with Crippen LogP contribution in [0, 0.1) is 5.92 Å². The quantitative estimate of drug-likeness (QED) is 0.781. The van der Waals surface area contributed by atoms with Crippen LogP contribution in [0.5, 0.6) is 11.5 Å². The van der Waals surface area contributed by atoms with E-state index in [9.17, 15) is 9.90 Å². The Balaban J connectivity index is 1.86. The highest BCUT2D eigenvalue weighted by molar-refractivity contribution is 5.94. The third-order valence-corrected chi connectivity index (χ3v) is 4.35. The summed E-state index contributed by atoms with van der Waals surface area (Å²) in [7, 11) is 1.54. The van der Waals surface area contributed by atoms with E-state index in [1.54, 1.807) is 18.2 Å². The predicted octanol–water partition coefficient (Wildman–Crippen LogP) is 2.37. The van der Waals surface area contributed by atoms with Crippen molar-refractivity contribution >= 4 is 5.78 Å². The van der Waals surface area contributed by atoms with Crippen LogP contribution >= 0.6 is 0 Å². The first-order valence-corrected chi connectivity index (χ1v) is 8.21. The molecule has 0 bridgehead atoms. The number of Topliss-reactive ketones (excluding diaryl/α,β-unsaturated/α-hetero) is 1. The van der Waals surface area contributed by atoms with Crippen molar-refractivity contribution in [2.45, 2.75) is 32.8 Å². The van der Waals surface area contributed by atoms with Gasteiger partial charge in [-0.05, 0) is 57.0 Å². The Hall–Kier alpha value is -1.59. The second kappa shape index (κ2) is 8.31. The van der Waals surface area contributed by atoms with Gasteiger partial charge in [0.25, 0.3) is 0 Å². The monoisotopic (exact) mass is 321 g/mol. The maximum atomic E-state index is 11.4. The van der Waals surface area contributed by atoms with Crippen molar-refractivity contribution in [3.63, 3.8) is 0 Å². The maximum Gasteiger partial charge on any atom is 0.161 e. The molecule has 0 amide bonds. The van der Waals surface area contributed by atoms with E-state index in [0.29, 0.717) is 23.6 Å². The molecule has 2 rings (SSSR count). The molecule has 1 heterocycles. The lowest BCUT2D eigenvalue weighted by atomic mass is 9.99. The number of aliphatic hydroxyl groups is 1. The zero-order chi connectivity index (χ0) is 16.8. The topological polar surface area (TPSA) is 59.0 Å². The van der Waals surface area contributed by atoms with Crippen LogP contribution in [0.15, 0.2) is 18.2 Å². The van der Waals surface area contributed by atoms with Crippen LogP contribution in [-0.4, -0.2) is 55.2 Å². The van der Waals surface area contributed by atoms with Crippen LogP contribution in [0.2, 0.25) is 0 Å². The van der Waals surface area contributed by atoms with Gasteiger partial charge in [0.05, 0.1) is 7.11 Å². The minimum atomic E-state index is -0.541. The zero-order valence-electron chi connectivity index (χ0n) is 14.2. The normalized spacial score (nSPS) is 17.7. The molecule has 0 aromatic heterocycles. The Kier molecular flexibility index (Phi) is 6.42. The molecular formula is C18H27NO4.